The number of alkyl halides is 3. The van der Waals surface area contributed by atoms with E-state index in [1.807, 2.05) is 30.3 Å². The number of carbonyl (C=O) groups excluding carboxylic acids is 2. The first-order chi connectivity index (χ1) is 18.9. The highest BCUT2D eigenvalue weighted by molar-refractivity contribution is 7.92. The number of nitrogens with zero attached hydrogens (tertiary/aromatic N) is 2. The van der Waals surface area contributed by atoms with Gasteiger partial charge in [0.2, 0.25) is 11.8 Å². The Balaban J connectivity index is 2.08. The number of likely N-dealkylation sites (N-methyl/N-ethyl adjacent to an activating group) is 1. The zero-order valence-electron chi connectivity index (χ0n) is 21.9. The molecule has 3 rings (SSSR count). The Morgan fingerprint density at radius 3 is 2.12 bits per heavy atom. The second-order valence-corrected chi connectivity index (χ2v) is 11.1. The molecular weight excluding hydrogens is 567 g/mol. The third kappa shape index (κ3) is 7.33. The smallest absolute Gasteiger partial charge is 0.357 e. The van der Waals surface area contributed by atoms with Crippen LogP contribution in [-0.4, -0.2) is 51.3 Å². The summed E-state index contributed by atoms with van der Waals surface area (Å²) in [5.41, 5.74) is -0.761. The molecule has 2 amide bonds. The van der Waals surface area contributed by atoms with Gasteiger partial charge >= 0.3 is 6.18 Å². The number of benzene rings is 3. The molecule has 0 unspecified atom stereocenters. The van der Waals surface area contributed by atoms with E-state index < -0.39 is 56.9 Å². The van der Waals surface area contributed by atoms with E-state index >= 15 is 0 Å². The summed E-state index contributed by atoms with van der Waals surface area (Å²) in [6.45, 7) is 0.927. The maximum Gasteiger partial charge on any atom is 0.417 e. The van der Waals surface area contributed by atoms with Gasteiger partial charge in [-0.1, -0.05) is 67.1 Å². The fourth-order valence-electron chi connectivity index (χ4n) is 4.20. The first-order valence-corrected chi connectivity index (χ1v) is 14.2. The number of carbonyl (C=O) groups is 2. The molecule has 0 saturated carbocycles. The summed E-state index contributed by atoms with van der Waals surface area (Å²) < 4.78 is 69.0. The van der Waals surface area contributed by atoms with Crippen LogP contribution in [0.1, 0.15) is 24.5 Å². The molecule has 0 bridgehead atoms. The minimum absolute atomic E-state index is 0.0718. The Morgan fingerprint density at radius 2 is 1.57 bits per heavy atom. The number of amides is 2. The summed E-state index contributed by atoms with van der Waals surface area (Å²) in [5.74, 6) is -1.21. The molecule has 3 aromatic carbocycles. The number of hydrogen-bond acceptors (Lipinski definition) is 4. The average Bonchev–Trinajstić information content (AvgIpc) is 2.94. The quantitative estimate of drug-likeness (QED) is 0.332. The number of rotatable bonds is 11. The number of sulfonamides is 1. The van der Waals surface area contributed by atoms with Crippen molar-refractivity contribution in [2.75, 3.05) is 24.4 Å². The van der Waals surface area contributed by atoms with E-state index in [1.54, 1.807) is 13.0 Å². The van der Waals surface area contributed by atoms with Crippen LogP contribution in [0.4, 0.5) is 18.9 Å². The van der Waals surface area contributed by atoms with E-state index in [2.05, 4.69) is 5.32 Å². The van der Waals surface area contributed by atoms with Crippen LogP contribution in [0.25, 0.3) is 0 Å². The molecule has 0 spiro atoms. The lowest BCUT2D eigenvalue weighted by Crippen LogP contribution is -2.52. The van der Waals surface area contributed by atoms with E-state index in [0.717, 1.165) is 17.7 Å². The molecule has 12 heteroatoms. The van der Waals surface area contributed by atoms with Gasteiger partial charge in [-0.25, -0.2) is 8.42 Å². The maximum absolute atomic E-state index is 13.8. The molecular formula is C28H29ClF3N3O4S. The molecule has 0 aromatic heterocycles. The largest absolute Gasteiger partial charge is 0.417 e. The third-order valence-corrected chi connectivity index (χ3v) is 8.39. The van der Waals surface area contributed by atoms with Crippen molar-refractivity contribution < 1.29 is 31.2 Å². The molecule has 3 aromatic rings. The normalized spacial score (nSPS) is 12.4. The number of nitrogens with one attached hydrogen (secondary N) is 1. The van der Waals surface area contributed by atoms with Crippen molar-refractivity contribution in [1.82, 2.24) is 10.2 Å². The zero-order valence-corrected chi connectivity index (χ0v) is 23.4. The lowest BCUT2D eigenvalue weighted by Gasteiger charge is -2.33. The highest BCUT2D eigenvalue weighted by Gasteiger charge is 2.37. The summed E-state index contributed by atoms with van der Waals surface area (Å²) in [7, 11) is -3.09. The van der Waals surface area contributed by atoms with Crippen LogP contribution < -0.4 is 9.62 Å². The Hall–Kier alpha value is -3.57. The minimum Gasteiger partial charge on any atom is -0.357 e. The van der Waals surface area contributed by atoms with E-state index in [4.69, 9.17) is 11.6 Å². The first kappa shape index (κ1) is 31.0. The molecule has 0 aliphatic heterocycles. The van der Waals surface area contributed by atoms with Crippen LogP contribution in [-0.2, 0) is 32.2 Å². The Labute approximate surface area is 236 Å². The summed E-state index contributed by atoms with van der Waals surface area (Å²) in [5, 5.41) is 1.90. The lowest BCUT2D eigenvalue weighted by molar-refractivity contribution is -0.139. The summed E-state index contributed by atoms with van der Waals surface area (Å²) in [6, 6.07) is 17.9. The van der Waals surface area contributed by atoms with Crippen LogP contribution in [0.3, 0.4) is 0 Å². The Morgan fingerprint density at radius 1 is 0.975 bits per heavy atom. The standard InChI is InChI=1S/C28H29ClF3N3O4S/c1-3-25(27(37)33-2)34(17-16-20-10-6-4-7-11-20)26(36)19-35(40(38,39)22-12-8-5-9-13-22)21-14-15-24(29)23(18-21)28(30,31)32/h4-15,18,25H,3,16-17,19H2,1-2H3,(H,33,37)/t25-/m1/s1. The average molecular weight is 596 g/mol. The predicted molar refractivity (Wildman–Crippen MR) is 147 cm³/mol. The summed E-state index contributed by atoms with van der Waals surface area (Å²) in [6.07, 6.45) is -4.27. The molecule has 1 atom stereocenters. The van der Waals surface area contributed by atoms with Gasteiger partial charge in [0.1, 0.15) is 12.6 Å². The van der Waals surface area contributed by atoms with Gasteiger partial charge in [-0.05, 0) is 48.7 Å². The van der Waals surface area contributed by atoms with Crippen molar-refractivity contribution in [1.29, 1.82) is 0 Å². The molecule has 0 radical (unpaired) electrons. The summed E-state index contributed by atoms with van der Waals surface area (Å²) in [4.78, 5) is 27.5. The minimum atomic E-state index is -4.87. The number of hydrogen-bond donors (Lipinski definition) is 1. The second-order valence-electron chi connectivity index (χ2n) is 8.85. The van der Waals surface area contributed by atoms with Crippen molar-refractivity contribution in [3.63, 3.8) is 0 Å². The highest BCUT2D eigenvalue weighted by atomic mass is 35.5. The SMILES string of the molecule is CC[C@H](C(=O)NC)N(CCc1ccccc1)C(=O)CN(c1ccc(Cl)c(C(F)(F)F)c1)S(=O)(=O)c1ccccc1. The Kier molecular flexibility index (Phi) is 10.2. The van der Waals surface area contributed by atoms with Gasteiger partial charge in [0.25, 0.3) is 10.0 Å². The van der Waals surface area contributed by atoms with Gasteiger partial charge < -0.3 is 10.2 Å². The number of halogens is 4. The molecule has 214 valence electrons. The van der Waals surface area contributed by atoms with E-state index in [9.17, 15) is 31.2 Å². The molecule has 0 saturated heterocycles. The van der Waals surface area contributed by atoms with Crippen molar-refractivity contribution in [2.24, 2.45) is 0 Å². The highest BCUT2D eigenvalue weighted by Crippen LogP contribution is 2.38. The molecule has 1 N–H and O–H groups in total. The van der Waals surface area contributed by atoms with Crippen molar-refractivity contribution in [3.05, 3.63) is 95.0 Å². The van der Waals surface area contributed by atoms with Gasteiger partial charge in [0.15, 0.2) is 0 Å². The number of anilines is 1. The van der Waals surface area contributed by atoms with Crippen LogP contribution in [0, 0.1) is 0 Å². The maximum atomic E-state index is 13.8. The van der Waals surface area contributed by atoms with Gasteiger partial charge in [-0.15, -0.1) is 0 Å². The first-order valence-electron chi connectivity index (χ1n) is 12.4. The predicted octanol–water partition coefficient (Wildman–Crippen LogP) is 5.15. The second kappa shape index (κ2) is 13.2. The molecule has 0 fully saturated rings. The van der Waals surface area contributed by atoms with Gasteiger partial charge in [-0.2, -0.15) is 13.2 Å². The third-order valence-electron chi connectivity index (χ3n) is 6.27. The van der Waals surface area contributed by atoms with Gasteiger partial charge in [0.05, 0.1) is 21.2 Å². The fraction of sp³-hybridized carbons (Fsp3) is 0.286. The van der Waals surface area contributed by atoms with E-state index in [-0.39, 0.29) is 17.9 Å². The fourth-order valence-corrected chi connectivity index (χ4v) is 5.85. The van der Waals surface area contributed by atoms with Crippen LogP contribution in [0.5, 0.6) is 0 Å². The van der Waals surface area contributed by atoms with Crippen LogP contribution in [0.15, 0.2) is 83.8 Å². The van der Waals surface area contributed by atoms with Crippen molar-refractivity contribution in [3.8, 4) is 0 Å². The topological polar surface area (TPSA) is 86.8 Å². The van der Waals surface area contributed by atoms with E-state index in [1.165, 1.54) is 36.2 Å². The summed E-state index contributed by atoms with van der Waals surface area (Å²) >= 11 is 5.78. The molecule has 0 aliphatic rings. The van der Waals surface area contributed by atoms with Crippen molar-refractivity contribution >= 4 is 39.1 Å². The van der Waals surface area contributed by atoms with Crippen LogP contribution >= 0.6 is 11.6 Å². The van der Waals surface area contributed by atoms with Crippen molar-refractivity contribution in [2.45, 2.75) is 36.9 Å². The molecule has 0 heterocycles. The molecule has 7 nitrogen and oxygen atoms in total. The zero-order chi connectivity index (χ0) is 29.5. The Bertz CT molecular complexity index is 1420. The molecule has 40 heavy (non-hydrogen) atoms. The lowest BCUT2D eigenvalue weighted by atomic mass is 10.1. The van der Waals surface area contributed by atoms with E-state index in [0.29, 0.717) is 16.8 Å². The van der Waals surface area contributed by atoms with Crippen LogP contribution in [0.2, 0.25) is 5.02 Å². The van der Waals surface area contributed by atoms with Gasteiger partial charge in [0, 0.05) is 13.6 Å². The van der Waals surface area contributed by atoms with Gasteiger partial charge in [-0.3, -0.25) is 13.9 Å². The monoisotopic (exact) mass is 595 g/mol. The molecule has 0 aliphatic carbocycles.